The molecule has 1 atom stereocenters. The third kappa shape index (κ3) is 7.13. The van der Waals surface area contributed by atoms with Crippen LogP contribution in [0, 0.1) is 5.95 Å². The maximum Gasteiger partial charge on any atom is 0.416 e. The molecule has 2 aromatic heterocycles. The Balaban J connectivity index is 1.63. The zero-order chi connectivity index (χ0) is 28.4. The van der Waals surface area contributed by atoms with Crippen LogP contribution >= 0.6 is 11.3 Å². The Morgan fingerprint density at radius 2 is 1.72 bits per heavy atom. The molecule has 0 saturated heterocycles. The van der Waals surface area contributed by atoms with E-state index in [0.29, 0.717) is 21.3 Å². The Bertz CT molecular complexity index is 1620. The summed E-state index contributed by atoms with van der Waals surface area (Å²) in [6.07, 6.45) is -3.24. The smallest absolute Gasteiger partial charge is 0.353 e. The standard InChI is InChI=1S/C24H19F4N5O4S2/c25-19-8-4-15(12-31-19)14-3-7-17-18(11-14)38-23(32-17)20(22(35)30-9-10-39(29,36)37)33-21(34)13-1-5-16(6-2-13)24(26,27)28/h1-8,11-12,20H,9-10H2,(H,30,35)(H,33,34)(H2,29,36,37). The minimum atomic E-state index is -4.59. The molecule has 204 valence electrons. The molecule has 15 heteroatoms. The lowest BCUT2D eigenvalue weighted by Crippen LogP contribution is -2.42. The van der Waals surface area contributed by atoms with Gasteiger partial charge in [0, 0.05) is 23.9 Å². The zero-order valence-electron chi connectivity index (χ0n) is 19.7. The van der Waals surface area contributed by atoms with Gasteiger partial charge >= 0.3 is 6.18 Å². The number of hydrogen-bond donors (Lipinski definition) is 3. The molecular formula is C24H19F4N5O4S2. The molecule has 4 rings (SSSR count). The maximum atomic E-state index is 13.2. The highest BCUT2D eigenvalue weighted by Crippen LogP contribution is 2.32. The van der Waals surface area contributed by atoms with E-state index < -0.39 is 51.3 Å². The number of benzene rings is 2. The van der Waals surface area contributed by atoms with Crippen molar-refractivity contribution in [3.05, 3.63) is 82.9 Å². The quantitative estimate of drug-likeness (QED) is 0.215. The molecule has 9 nitrogen and oxygen atoms in total. The summed E-state index contributed by atoms with van der Waals surface area (Å²) in [5.41, 5.74) is 0.696. The van der Waals surface area contributed by atoms with E-state index in [1.807, 2.05) is 0 Å². The van der Waals surface area contributed by atoms with Crippen LogP contribution in [-0.2, 0) is 21.0 Å². The second-order valence-electron chi connectivity index (χ2n) is 8.24. The number of carbonyl (C=O) groups excluding carboxylic acids is 2. The fraction of sp³-hybridized carbons (Fsp3) is 0.167. The Morgan fingerprint density at radius 1 is 1.03 bits per heavy atom. The predicted molar refractivity (Wildman–Crippen MR) is 135 cm³/mol. The van der Waals surface area contributed by atoms with Crippen molar-refractivity contribution in [3.8, 4) is 11.1 Å². The Morgan fingerprint density at radius 3 is 2.33 bits per heavy atom. The van der Waals surface area contributed by atoms with E-state index in [1.165, 1.54) is 18.3 Å². The first-order chi connectivity index (χ1) is 18.3. The van der Waals surface area contributed by atoms with Gasteiger partial charge in [0.1, 0.15) is 5.01 Å². The minimum Gasteiger partial charge on any atom is -0.353 e. The number of pyridine rings is 1. The van der Waals surface area contributed by atoms with Crippen molar-refractivity contribution in [1.29, 1.82) is 0 Å². The number of halogens is 4. The summed E-state index contributed by atoms with van der Waals surface area (Å²) in [4.78, 5) is 33.9. The van der Waals surface area contributed by atoms with Crippen molar-refractivity contribution < 1.29 is 35.6 Å². The lowest BCUT2D eigenvalue weighted by molar-refractivity contribution is -0.137. The van der Waals surface area contributed by atoms with Crippen molar-refractivity contribution in [3.63, 3.8) is 0 Å². The number of carbonyl (C=O) groups is 2. The summed E-state index contributed by atoms with van der Waals surface area (Å²) in [6, 6.07) is 9.84. The van der Waals surface area contributed by atoms with Crippen LogP contribution in [0.3, 0.4) is 0 Å². The second-order valence-corrected chi connectivity index (χ2v) is 11.0. The minimum absolute atomic E-state index is 0.132. The number of alkyl halides is 3. The first-order valence-electron chi connectivity index (χ1n) is 11.1. The molecule has 0 radical (unpaired) electrons. The molecule has 0 aliphatic carbocycles. The van der Waals surface area contributed by atoms with Gasteiger partial charge in [-0.3, -0.25) is 9.59 Å². The molecule has 0 saturated carbocycles. The first kappa shape index (κ1) is 28.1. The predicted octanol–water partition coefficient (Wildman–Crippen LogP) is 3.39. The number of nitrogens with one attached hydrogen (secondary N) is 2. The summed E-state index contributed by atoms with van der Waals surface area (Å²) in [6.45, 7) is -0.350. The Labute approximate surface area is 223 Å². The van der Waals surface area contributed by atoms with Gasteiger partial charge in [-0.05, 0) is 54.1 Å². The number of primary sulfonamides is 1. The molecule has 2 amide bonds. The molecule has 2 aromatic carbocycles. The van der Waals surface area contributed by atoms with Crippen LogP contribution in [0.5, 0.6) is 0 Å². The number of thiazole rings is 1. The second kappa shape index (κ2) is 11.0. The van der Waals surface area contributed by atoms with Gasteiger partial charge in [-0.25, -0.2) is 23.5 Å². The lowest BCUT2D eigenvalue weighted by atomic mass is 10.1. The van der Waals surface area contributed by atoms with E-state index >= 15 is 0 Å². The normalized spacial score (nSPS) is 12.7. The highest BCUT2D eigenvalue weighted by molar-refractivity contribution is 7.89. The summed E-state index contributed by atoms with van der Waals surface area (Å²) in [5.74, 6) is -2.86. The zero-order valence-corrected chi connectivity index (χ0v) is 21.3. The molecule has 0 fully saturated rings. The van der Waals surface area contributed by atoms with Crippen molar-refractivity contribution in [2.24, 2.45) is 5.14 Å². The first-order valence-corrected chi connectivity index (χ1v) is 13.6. The van der Waals surface area contributed by atoms with Gasteiger partial charge in [0.25, 0.3) is 5.91 Å². The number of hydrogen-bond acceptors (Lipinski definition) is 7. The van der Waals surface area contributed by atoms with Gasteiger partial charge in [-0.15, -0.1) is 11.3 Å². The fourth-order valence-corrected chi connectivity index (χ4v) is 4.92. The molecular weight excluding hydrogens is 562 g/mol. The number of nitrogens with zero attached hydrogens (tertiary/aromatic N) is 2. The summed E-state index contributed by atoms with van der Waals surface area (Å²) in [7, 11) is -3.88. The number of fused-ring (bicyclic) bond motifs is 1. The van der Waals surface area contributed by atoms with Crippen LogP contribution < -0.4 is 15.8 Å². The highest BCUT2D eigenvalue weighted by atomic mass is 32.2. The molecule has 2 heterocycles. The monoisotopic (exact) mass is 581 g/mol. The van der Waals surface area contributed by atoms with Crippen LogP contribution in [0.2, 0.25) is 0 Å². The van der Waals surface area contributed by atoms with Crippen LogP contribution in [0.1, 0.15) is 27.0 Å². The van der Waals surface area contributed by atoms with E-state index in [9.17, 15) is 35.6 Å². The third-order valence-electron chi connectivity index (χ3n) is 5.41. The van der Waals surface area contributed by atoms with Crippen molar-refractivity contribution in [1.82, 2.24) is 20.6 Å². The number of sulfonamides is 1. The van der Waals surface area contributed by atoms with Crippen LogP contribution in [0.4, 0.5) is 17.6 Å². The van der Waals surface area contributed by atoms with Crippen molar-refractivity contribution in [2.45, 2.75) is 12.2 Å². The van der Waals surface area contributed by atoms with Gasteiger partial charge in [-0.1, -0.05) is 6.07 Å². The fourth-order valence-electron chi connectivity index (χ4n) is 3.48. The molecule has 4 N–H and O–H groups in total. The topological polar surface area (TPSA) is 144 Å². The molecule has 4 aromatic rings. The maximum absolute atomic E-state index is 13.2. The van der Waals surface area contributed by atoms with E-state index in [-0.39, 0.29) is 17.1 Å². The Kier molecular flexibility index (Phi) is 7.94. The lowest BCUT2D eigenvalue weighted by Gasteiger charge is -2.16. The molecule has 0 aliphatic heterocycles. The summed E-state index contributed by atoms with van der Waals surface area (Å²) < 4.78 is 74.9. The third-order valence-corrected chi connectivity index (χ3v) is 7.27. The van der Waals surface area contributed by atoms with Crippen molar-refractivity contribution >= 4 is 43.4 Å². The van der Waals surface area contributed by atoms with Gasteiger partial charge in [0.05, 0.1) is 21.5 Å². The molecule has 39 heavy (non-hydrogen) atoms. The van der Waals surface area contributed by atoms with Crippen LogP contribution in [-0.4, -0.2) is 42.5 Å². The summed E-state index contributed by atoms with van der Waals surface area (Å²) in [5, 5.41) is 9.92. The van der Waals surface area contributed by atoms with Crippen LogP contribution in [0.25, 0.3) is 21.3 Å². The number of rotatable bonds is 8. The number of aromatic nitrogens is 2. The van der Waals surface area contributed by atoms with Crippen LogP contribution in [0.15, 0.2) is 60.8 Å². The van der Waals surface area contributed by atoms with Crippen molar-refractivity contribution in [2.75, 3.05) is 12.3 Å². The van der Waals surface area contributed by atoms with E-state index in [0.717, 1.165) is 35.6 Å². The number of amides is 2. The van der Waals surface area contributed by atoms with E-state index in [2.05, 4.69) is 20.6 Å². The van der Waals surface area contributed by atoms with E-state index in [4.69, 9.17) is 5.14 Å². The van der Waals surface area contributed by atoms with Gasteiger partial charge in [0.2, 0.25) is 21.9 Å². The van der Waals surface area contributed by atoms with Gasteiger partial charge < -0.3 is 10.6 Å². The summed E-state index contributed by atoms with van der Waals surface area (Å²) >= 11 is 1.05. The number of nitrogens with two attached hydrogens (primary N) is 1. The largest absolute Gasteiger partial charge is 0.416 e. The SMILES string of the molecule is NS(=O)(=O)CCNC(=O)C(NC(=O)c1ccc(C(F)(F)F)cc1)c1nc2ccc(-c3ccc(F)nc3)cc2s1. The van der Waals surface area contributed by atoms with E-state index in [1.54, 1.807) is 18.2 Å². The highest BCUT2D eigenvalue weighted by Gasteiger charge is 2.31. The average Bonchev–Trinajstić information content (AvgIpc) is 3.29. The Hall–Kier alpha value is -3.95. The van der Waals surface area contributed by atoms with Gasteiger partial charge in [0.15, 0.2) is 6.04 Å². The molecule has 0 spiro atoms. The molecule has 0 aliphatic rings. The average molecular weight is 582 g/mol. The molecule has 1 unspecified atom stereocenters. The molecule has 0 bridgehead atoms. The van der Waals surface area contributed by atoms with Gasteiger partial charge in [-0.2, -0.15) is 17.6 Å².